The number of anilines is 1. The monoisotopic (exact) mass is 328 g/mol. The summed E-state index contributed by atoms with van der Waals surface area (Å²) in [5.41, 5.74) is 1.99. The Morgan fingerprint density at radius 1 is 1.46 bits per heavy atom. The molecule has 1 aliphatic heterocycles. The molecule has 7 nitrogen and oxygen atoms in total. The molecule has 1 saturated heterocycles. The van der Waals surface area contributed by atoms with Gasteiger partial charge in [-0.05, 0) is 25.5 Å². The van der Waals surface area contributed by atoms with E-state index >= 15 is 0 Å². The van der Waals surface area contributed by atoms with Gasteiger partial charge in [0.2, 0.25) is 0 Å². The van der Waals surface area contributed by atoms with Gasteiger partial charge in [0.15, 0.2) is 5.65 Å². The molecule has 1 aliphatic rings. The number of imidazole rings is 1. The second-order valence-corrected chi connectivity index (χ2v) is 6.02. The number of carbonyl (C=O) groups excluding carboxylic acids is 1. The van der Waals surface area contributed by atoms with Gasteiger partial charge in [-0.2, -0.15) is 0 Å². The molecule has 1 amide bonds. The van der Waals surface area contributed by atoms with Crippen LogP contribution in [0.3, 0.4) is 0 Å². The molecule has 0 bridgehead atoms. The van der Waals surface area contributed by atoms with Gasteiger partial charge in [-0.1, -0.05) is 0 Å². The van der Waals surface area contributed by atoms with Crippen molar-refractivity contribution in [1.82, 2.24) is 24.5 Å². The molecular weight excluding hydrogens is 311 g/mol. The maximum atomic E-state index is 13.0. The van der Waals surface area contributed by atoms with E-state index < -0.39 is 5.82 Å². The minimum atomic E-state index is -0.430. The van der Waals surface area contributed by atoms with Crippen molar-refractivity contribution < 1.29 is 9.18 Å². The number of aromatic nitrogens is 4. The lowest BCUT2D eigenvalue weighted by Gasteiger charge is -2.16. The van der Waals surface area contributed by atoms with Gasteiger partial charge in [0.1, 0.15) is 17.3 Å². The first-order valence-corrected chi connectivity index (χ1v) is 7.81. The number of hydrogen-bond donors (Lipinski definition) is 2. The van der Waals surface area contributed by atoms with Crippen LogP contribution in [-0.4, -0.2) is 49.5 Å². The summed E-state index contributed by atoms with van der Waals surface area (Å²) in [7, 11) is 0. The van der Waals surface area contributed by atoms with Crippen LogP contribution >= 0.6 is 0 Å². The van der Waals surface area contributed by atoms with Gasteiger partial charge in [0, 0.05) is 31.4 Å². The second-order valence-electron chi connectivity index (χ2n) is 6.02. The zero-order valence-corrected chi connectivity index (χ0v) is 13.2. The Hall–Kier alpha value is -2.90. The smallest absolute Gasteiger partial charge is 0.270 e. The third-order valence-electron chi connectivity index (χ3n) is 4.15. The van der Waals surface area contributed by atoms with E-state index in [-0.39, 0.29) is 17.6 Å². The molecule has 124 valence electrons. The average Bonchev–Trinajstić information content (AvgIpc) is 3.25. The van der Waals surface area contributed by atoms with E-state index in [1.807, 2.05) is 25.3 Å². The summed E-state index contributed by atoms with van der Waals surface area (Å²) < 4.78 is 14.8. The molecule has 0 aromatic carbocycles. The van der Waals surface area contributed by atoms with Gasteiger partial charge >= 0.3 is 0 Å². The molecule has 1 atom stereocenters. The van der Waals surface area contributed by atoms with Crippen LogP contribution in [0.5, 0.6) is 0 Å². The first-order chi connectivity index (χ1) is 11.6. The first-order valence-electron chi connectivity index (χ1n) is 7.81. The molecule has 0 radical (unpaired) electrons. The molecule has 2 N–H and O–H groups in total. The molecule has 1 unspecified atom stereocenters. The van der Waals surface area contributed by atoms with Crippen molar-refractivity contribution in [3.63, 3.8) is 0 Å². The number of fused-ring (bicyclic) bond motifs is 1. The standard InChI is InChI=1S/C16H17FN6O/c1-10-8-23-15(19-10)3-2-14(21-23)20-12-4-5-22(9-12)16(24)13-6-11(17)7-18-13/h2-3,6-8,12,18H,4-5,9H2,1H3,(H,20,21). The average molecular weight is 328 g/mol. The van der Waals surface area contributed by atoms with Crippen LogP contribution in [0, 0.1) is 12.7 Å². The van der Waals surface area contributed by atoms with E-state index in [1.165, 1.54) is 12.3 Å². The molecule has 3 aromatic heterocycles. The molecule has 0 spiro atoms. The highest BCUT2D eigenvalue weighted by atomic mass is 19.1. The molecule has 24 heavy (non-hydrogen) atoms. The third-order valence-corrected chi connectivity index (χ3v) is 4.15. The van der Waals surface area contributed by atoms with E-state index in [4.69, 9.17) is 0 Å². The third kappa shape index (κ3) is 2.70. The maximum Gasteiger partial charge on any atom is 0.270 e. The topological polar surface area (TPSA) is 78.3 Å². The molecule has 0 aliphatic carbocycles. The summed E-state index contributed by atoms with van der Waals surface area (Å²) in [6, 6.07) is 5.12. The number of carbonyl (C=O) groups is 1. The number of likely N-dealkylation sites (tertiary alicyclic amines) is 1. The molecule has 4 rings (SSSR count). The van der Waals surface area contributed by atoms with Crippen LogP contribution in [0.15, 0.2) is 30.6 Å². The van der Waals surface area contributed by atoms with Crippen molar-refractivity contribution in [3.05, 3.63) is 47.8 Å². The van der Waals surface area contributed by atoms with E-state index in [1.54, 1.807) is 9.42 Å². The van der Waals surface area contributed by atoms with Crippen LogP contribution in [-0.2, 0) is 0 Å². The van der Waals surface area contributed by atoms with Gasteiger partial charge in [-0.15, -0.1) is 5.10 Å². The zero-order chi connectivity index (χ0) is 16.7. The van der Waals surface area contributed by atoms with E-state index in [0.29, 0.717) is 13.1 Å². The Morgan fingerprint density at radius 2 is 2.33 bits per heavy atom. The van der Waals surface area contributed by atoms with Crippen molar-refractivity contribution in [2.24, 2.45) is 0 Å². The Kier molecular flexibility index (Phi) is 3.44. The lowest BCUT2D eigenvalue weighted by molar-refractivity contribution is 0.0786. The van der Waals surface area contributed by atoms with Crippen molar-refractivity contribution in [2.75, 3.05) is 18.4 Å². The van der Waals surface area contributed by atoms with E-state index in [2.05, 4.69) is 20.4 Å². The zero-order valence-electron chi connectivity index (χ0n) is 13.2. The van der Waals surface area contributed by atoms with Crippen molar-refractivity contribution in [1.29, 1.82) is 0 Å². The van der Waals surface area contributed by atoms with Gasteiger partial charge < -0.3 is 15.2 Å². The van der Waals surface area contributed by atoms with Crippen LogP contribution in [0.25, 0.3) is 5.65 Å². The Balaban J connectivity index is 1.43. The lowest BCUT2D eigenvalue weighted by Crippen LogP contribution is -2.32. The van der Waals surface area contributed by atoms with Gasteiger partial charge in [0.25, 0.3) is 5.91 Å². The highest BCUT2D eigenvalue weighted by molar-refractivity contribution is 5.92. The van der Waals surface area contributed by atoms with Crippen molar-refractivity contribution >= 4 is 17.4 Å². The maximum absolute atomic E-state index is 13.0. The first kappa shape index (κ1) is 14.7. The van der Waals surface area contributed by atoms with Gasteiger partial charge in [0.05, 0.1) is 11.9 Å². The summed E-state index contributed by atoms with van der Waals surface area (Å²) in [5.74, 6) is 0.127. The van der Waals surface area contributed by atoms with Gasteiger partial charge in [-0.25, -0.2) is 13.9 Å². The highest BCUT2D eigenvalue weighted by Gasteiger charge is 2.28. The van der Waals surface area contributed by atoms with Crippen molar-refractivity contribution in [3.8, 4) is 0 Å². The summed E-state index contributed by atoms with van der Waals surface area (Å²) in [6.07, 6.45) is 3.87. The molecule has 0 saturated carbocycles. The predicted octanol–water partition coefficient (Wildman–Crippen LogP) is 1.83. The second kappa shape index (κ2) is 5.63. The number of aryl methyl sites for hydroxylation is 1. The summed E-state index contributed by atoms with van der Waals surface area (Å²) in [6.45, 7) is 3.11. The quantitative estimate of drug-likeness (QED) is 0.769. The fourth-order valence-corrected chi connectivity index (χ4v) is 3.01. The number of rotatable bonds is 3. The Bertz CT molecular complexity index is 901. The number of amides is 1. The largest absolute Gasteiger partial charge is 0.364 e. The minimum absolute atomic E-state index is 0.114. The number of halogens is 1. The number of nitrogens with one attached hydrogen (secondary N) is 2. The highest BCUT2D eigenvalue weighted by Crippen LogP contribution is 2.17. The van der Waals surface area contributed by atoms with Gasteiger partial charge in [-0.3, -0.25) is 4.79 Å². The SMILES string of the molecule is Cc1cn2nc(NC3CCN(C(=O)c4cc(F)c[nH]4)C3)ccc2n1. The summed E-state index contributed by atoms with van der Waals surface area (Å²) in [5, 5.41) is 7.82. The van der Waals surface area contributed by atoms with Crippen LogP contribution in [0.4, 0.5) is 10.2 Å². The van der Waals surface area contributed by atoms with Crippen LogP contribution in [0.2, 0.25) is 0 Å². The normalized spacial score (nSPS) is 17.6. The number of nitrogens with zero attached hydrogens (tertiary/aromatic N) is 4. The molecular formula is C16H17FN6O. The molecule has 1 fully saturated rings. The number of H-pyrrole nitrogens is 1. The number of hydrogen-bond acceptors (Lipinski definition) is 4. The van der Waals surface area contributed by atoms with Crippen molar-refractivity contribution in [2.45, 2.75) is 19.4 Å². The number of aromatic amines is 1. The molecule has 3 aromatic rings. The minimum Gasteiger partial charge on any atom is -0.364 e. The van der Waals surface area contributed by atoms with E-state index in [0.717, 1.165) is 23.6 Å². The summed E-state index contributed by atoms with van der Waals surface area (Å²) >= 11 is 0. The fraction of sp³-hybridized carbons (Fsp3) is 0.312. The molecule has 4 heterocycles. The van der Waals surface area contributed by atoms with Crippen LogP contribution in [0.1, 0.15) is 22.6 Å². The van der Waals surface area contributed by atoms with Crippen LogP contribution < -0.4 is 5.32 Å². The van der Waals surface area contributed by atoms with E-state index in [9.17, 15) is 9.18 Å². The Morgan fingerprint density at radius 3 is 3.12 bits per heavy atom. The Labute approximate surface area is 137 Å². The lowest BCUT2D eigenvalue weighted by atomic mass is 10.2. The molecule has 8 heteroatoms. The predicted molar refractivity (Wildman–Crippen MR) is 86.4 cm³/mol. The summed E-state index contributed by atoms with van der Waals surface area (Å²) in [4.78, 5) is 21.0. The fourth-order valence-electron chi connectivity index (χ4n) is 3.01.